The number of nitrogens with zero attached hydrogens (tertiary/aromatic N) is 1. The van der Waals surface area contributed by atoms with Gasteiger partial charge in [-0.25, -0.2) is 0 Å². The third-order valence-electron chi connectivity index (χ3n) is 6.35. The summed E-state index contributed by atoms with van der Waals surface area (Å²) in [5.74, 6) is 1.81. The average molecular weight is 470 g/mol. The highest BCUT2D eigenvalue weighted by Gasteiger charge is 2.21. The molecule has 5 heteroatoms. The molecule has 0 atom stereocenters. The Morgan fingerprint density at radius 2 is 1.17 bits per heavy atom. The third kappa shape index (κ3) is 4.62. The Kier molecular flexibility index (Phi) is 6.35. The number of aryl methyl sites for hydroxylation is 3. The van der Waals surface area contributed by atoms with E-state index in [4.69, 9.17) is 4.74 Å². The molecule has 0 aliphatic carbocycles. The minimum absolute atomic E-state index is 0.181. The second kappa shape index (κ2) is 9.26. The SMILES string of the molecule is Cc1cc(O)c(C)c(N(c2cccc(Oc3c(C)ccc(O)c3C)c2)c2cc(C)cc(O)c2C)c1. The third-order valence-corrected chi connectivity index (χ3v) is 6.35. The van der Waals surface area contributed by atoms with Gasteiger partial charge in [0.2, 0.25) is 0 Å². The first kappa shape index (κ1) is 24.0. The van der Waals surface area contributed by atoms with Gasteiger partial charge in [-0.2, -0.15) is 0 Å². The first-order valence-corrected chi connectivity index (χ1v) is 11.5. The maximum absolute atomic E-state index is 10.6. The van der Waals surface area contributed by atoms with Gasteiger partial charge in [0, 0.05) is 28.4 Å². The summed E-state index contributed by atoms with van der Waals surface area (Å²) in [7, 11) is 0. The Bertz CT molecular complexity index is 1370. The smallest absolute Gasteiger partial charge is 0.136 e. The summed E-state index contributed by atoms with van der Waals surface area (Å²) in [6.45, 7) is 11.4. The minimum atomic E-state index is 0.181. The highest BCUT2D eigenvalue weighted by molar-refractivity contribution is 5.83. The van der Waals surface area contributed by atoms with Gasteiger partial charge in [0.25, 0.3) is 0 Å². The first-order valence-electron chi connectivity index (χ1n) is 11.5. The zero-order valence-corrected chi connectivity index (χ0v) is 21.0. The van der Waals surface area contributed by atoms with Crippen molar-refractivity contribution < 1.29 is 20.1 Å². The van der Waals surface area contributed by atoms with Crippen LogP contribution in [0.1, 0.15) is 33.4 Å². The highest BCUT2D eigenvalue weighted by atomic mass is 16.5. The summed E-state index contributed by atoms with van der Waals surface area (Å²) >= 11 is 0. The van der Waals surface area contributed by atoms with E-state index in [1.165, 1.54) is 0 Å². The van der Waals surface area contributed by atoms with E-state index in [-0.39, 0.29) is 17.2 Å². The Morgan fingerprint density at radius 3 is 1.74 bits per heavy atom. The predicted octanol–water partition coefficient (Wildman–Crippen LogP) is 7.92. The van der Waals surface area contributed by atoms with Crippen LogP contribution in [0.25, 0.3) is 0 Å². The summed E-state index contributed by atoms with van der Waals surface area (Å²) in [5, 5.41) is 31.4. The number of hydrogen-bond acceptors (Lipinski definition) is 5. The van der Waals surface area contributed by atoms with Gasteiger partial charge in [-0.15, -0.1) is 0 Å². The lowest BCUT2D eigenvalue weighted by Crippen LogP contribution is -2.13. The summed E-state index contributed by atoms with van der Waals surface area (Å²) in [4.78, 5) is 2.03. The predicted molar refractivity (Wildman–Crippen MR) is 141 cm³/mol. The van der Waals surface area contributed by atoms with Gasteiger partial charge in [0.15, 0.2) is 0 Å². The molecule has 4 rings (SSSR count). The standard InChI is InChI=1S/C30H31NO4/c1-17-12-25(20(4)28(33)14-17)31(26-13-18(2)15-29(34)21(26)5)23-8-7-9-24(16-23)35-30-19(3)10-11-27(32)22(30)6/h7-16,32-34H,1-6H3. The molecule has 180 valence electrons. The van der Waals surface area contributed by atoms with E-state index in [0.717, 1.165) is 44.9 Å². The van der Waals surface area contributed by atoms with Crippen LogP contribution in [0.4, 0.5) is 17.1 Å². The van der Waals surface area contributed by atoms with Crippen LogP contribution in [-0.2, 0) is 0 Å². The van der Waals surface area contributed by atoms with E-state index >= 15 is 0 Å². The fraction of sp³-hybridized carbons (Fsp3) is 0.200. The topological polar surface area (TPSA) is 73.2 Å². The van der Waals surface area contributed by atoms with Gasteiger partial charge >= 0.3 is 0 Å². The van der Waals surface area contributed by atoms with Crippen LogP contribution in [0.15, 0.2) is 60.7 Å². The summed E-state index contributed by atoms with van der Waals surface area (Å²) in [6.07, 6.45) is 0. The molecule has 0 fully saturated rings. The van der Waals surface area contributed by atoms with Gasteiger partial charge in [0.05, 0.1) is 11.4 Å². The van der Waals surface area contributed by atoms with Crippen molar-refractivity contribution in [2.45, 2.75) is 41.5 Å². The molecule has 0 saturated carbocycles. The molecule has 0 unspecified atom stereocenters. The second-order valence-electron chi connectivity index (χ2n) is 9.15. The van der Waals surface area contributed by atoms with Crippen LogP contribution in [0.3, 0.4) is 0 Å². The van der Waals surface area contributed by atoms with Gasteiger partial charge in [-0.05, 0) is 101 Å². The number of anilines is 3. The van der Waals surface area contributed by atoms with E-state index in [2.05, 4.69) is 0 Å². The maximum atomic E-state index is 10.6. The molecule has 0 spiro atoms. The number of phenolic OH excluding ortho intramolecular Hbond substituents is 3. The summed E-state index contributed by atoms with van der Waals surface area (Å²) in [5.41, 5.74) is 7.28. The van der Waals surface area contributed by atoms with Gasteiger partial charge in [-0.3, -0.25) is 0 Å². The molecule has 0 aliphatic heterocycles. The van der Waals surface area contributed by atoms with E-state index in [1.807, 2.05) is 88.9 Å². The van der Waals surface area contributed by atoms with Crippen molar-refractivity contribution in [3.05, 3.63) is 94.0 Å². The maximum Gasteiger partial charge on any atom is 0.136 e. The van der Waals surface area contributed by atoms with E-state index in [1.54, 1.807) is 18.2 Å². The quantitative estimate of drug-likeness (QED) is 0.277. The molecule has 4 aromatic rings. The fourth-order valence-corrected chi connectivity index (χ4v) is 4.29. The number of aromatic hydroxyl groups is 3. The van der Waals surface area contributed by atoms with Crippen molar-refractivity contribution in [2.24, 2.45) is 0 Å². The zero-order valence-electron chi connectivity index (χ0n) is 21.0. The van der Waals surface area contributed by atoms with Crippen molar-refractivity contribution in [3.8, 4) is 28.7 Å². The van der Waals surface area contributed by atoms with E-state index in [9.17, 15) is 15.3 Å². The molecule has 5 nitrogen and oxygen atoms in total. The lowest BCUT2D eigenvalue weighted by Gasteiger charge is -2.30. The van der Waals surface area contributed by atoms with Crippen LogP contribution in [0.5, 0.6) is 28.7 Å². The molecule has 0 radical (unpaired) electrons. The number of rotatable bonds is 5. The number of phenols is 3. The monoisotopic (exact) mass is 469 g/mol. The lowest BCUT2D eigenvalue weighted by atomic mass is 10.0. The second-order valence-corrected chi connectivity index (χ2v) is 9.15. The summed E-state index contributed by atoms with van der Waals surface area (Å²) < 4.78 is 6.25. The minimum Gasteiger partial charge on any atom is -0.508 e. The fourth-order valence-electron chi connectivity index (χ4n) is 4.29. The molecular formula is C30H31NO4. The number of hydrogen-bond donors (Lipinski definition) is 3. The van der Waals surface area contributed by atoms with E-state index < -0.39 is 0 Å². The number of benzene rings is 4. The molecule has 4 aromatic carbocycles. The molecule has 0 aromatic heterocycles. The Balaban J connectivity index is 1.92. The number of ether oxygens (including phenoxy) is 1. The molecule has 35 heavy (non-hydrogen) atoms. The van der Waals surface area contributed by atoms with Crippen molar-refractivity contribution in [3.63, 3.8) is 0 Å². The van der Waals surface area contributed by atoms with Gasteiger partial charge in [-0.1, -0.05) is 12.1 Å². The van der Waals surface area contributed by atoms with E-state index in [0.29, 0.717) is 17.1 Å². The highest BCUT2D eigenvalue weighted by Crippen LogP contribution is 2.44. The largest absolute Gasteiger partial charge is 0.508 e. The van der Waals surface area contributed by atoms with Crippen LogP contribution < -0.4 is 9.64 Å². The molecule has 0 bridgehead atoms. The van der Waals surface area contributed by atoms with Crippen molar-refractivity contribution in [2.75, 3.05) is 4.90 Å². The Labute approximate surface area is 206 Å². The molecular weight excluding hydrogens is 438 g/mol. The van der Waals surface area contributed by atoms with Crippen LogP contribution in [-0.4, -0.2) is 15.3 Å². The Morgan fingerprint density at radius 1 is 0.600 bits per heavy atom. The molecule has 0 amide bonds. The van der Waals surface area contributed by atoms with Crippen LogP contribution in [0, 0.1) is 41.5 Å². The van der Waals surface area contributed by atoms with Crippen LogP contribution in [0.2, 0.25) is 0 Å². The normalized spacial score (nSPS) is 10.9. The lowest BCUT2D eigenvalue weighted by molar-refractivity contribution is 0.446. The van der Waals surface area contributed by atoms with Crippen LogP contribution >= 0.6 is 0 Å². The first-order chi connectivity index (χ1) is 16.6. The van der Waals surface area contributed by atoms with Gasteiger partial charge < -0.3 is 25.0 Å². The molecule has 3 N–H and O–H groups in total. The molecule has 0 saturated heterocycles. The van der Waals surface area contributed by atoms with Crippen molar-refractivity contribution in [1.82, 2.24) is 0 Å². The average Bonchev–Trinajstić information content (AvgIpc) is 2.80. The van der Waals surface area contributed by atoms with Crippen molar-refractivity contribution in [1.29, 1.82) is 0 Å². The Hall–Kier alpha value is -4.12. The summed E-state index contributed by atoms with van der Waals surface area (Å²) in [6, 6.07) is 18.7. The molecule has 0 aliphatic rings. The van der Waals surface area contributed by atoms with Gasteiger partial charge in [0.1, 0.15) is 28.7 Å². The zero-order chi connectivity index (χ0) is 25.4. The molecule has 0 heterocycles. The van der Waals surface area contributed by atoms with Crippen molar-refractivity contribution >= 4 is 17.1 Å².